The Balaban J connectivity index is 1.79. The molecule has 0 spiro atoms. The smallest absolute Gasteiger partial charge is 0.329 e. The molecule has 0 radical (unpaired) electrons. The molecule has 0 saturated heterocycles. The summed E-state index contributed by atoms with van der Waals surface area (Å²) >= 11 is 0. The van der Waals surface area contributed by atoms with Crippen LogP contribution in [0.2, 0.25) is 0 Å². The number of aromatic nitrogens is 5. The first-order chi connectivity index (χ1) is 10.8. The van der Waals surface area contributed by atoms with Crippen LogP contribution >= 0.6 is 0 Å². The molecule has 0 unspecified atom stereocenters. The Morgan fingerprint density at radius 3 is 2.35 bits per heavy atom. The van der Waals surface area contributed by atoms with Gasteiger partial charge in [0.15, 0.2) is 0 Å². The Labute approximate surface area is 128 Å². The highest BCUT2D eigenvalue weighted by Crippen LogP contribution is 2.29. The molecule has 3 aromatic rings. The molecule has 0 atom stereocenters. The number of hydrogen-bond acceptors (Lipinski definition) is 5. The first-order valence-electron chi connectivity index (χ1n) is 6.71. The van der Waals surface area contributed by atoms with Crippen LogP contribution in [0.3, 0.4) is 0 Å². The number of aryl methyl sites for hydroxylation is 1. The fourth-order valence-corrected chi connectivity index (χ4v) is 1.99. The molecule has 9 heteroatoms. The second-order valence-corrected chi connectivity index (χ2v) is 5.04. The number of nitrogens with zero attached hydrogens (tertiary/aromatic N) is 5. The molecule has 0 fully saturated rings. The van der Waals surface area contributed by atoms with Crippen molar-refractivity contribution in [2.45, 2.75) is 26.6 Å². The first kappa shape index (κ1) is 15.2. The van der Waals surface area contributed by atoms with Gasteiger partial charge >= 0.3 is 12.1 Å². The summed E-state index contributed by atoms with van der Waals surface area (Å²) in [5.41, 5.74) is 3.19. The highest BCUT2D eigenvalue weighted by Gasteiger charge is 2.38. The van der Waals surface area contributed by atoms with E-state index in [9.17, 15) is 13.2 Å². The summed E-state index contributed by atoms with van der Waals surface area (Å²) in [6.45, 7) is 4.31. The quantitative estimate of drug-likeness (QED) is 0.741. The van der Waals surface area contributed by atoms with Crippen LogP contribution in [0, 0.1) is 13.8 Å². The molecule has 1 aromatic carbocycles. The maximum atomic E-state index is 12.5. The van der Waals surface area contributed by atoms with Crippen molar-refractivity contribution in [2.75, 3.05) is 0 Å². The average Bonchev–Trinajstić information content (AvgIpc) is 3.11. The largest absolute Gasteiger partial charge is 0.471 e. The van der Waals surface area contributed by atoms with Gasteiger partial charge in [0, 0.05) is 5.56 Å². The Hall–Kier alpha value is -2.71. The topological polar surface area (TPSA) is 69.6 Å². The third kappa shape index (κ3) is 3.08. The standard InChI is InChI=1S/C14H12F3N5O/c1-8-9(2)22(21-19-8)7-10-3-5-11(6-4-10)12-18-13(23-20-12)14(15,16)17/h3-6H,7H2,1-2H3. The van der Waals surface area contributed by atoms with Crippen LogP contribution in [0.25, 0.3) is 11.4 Å². The van der Waals surface area contributed by atoms with E-state index in [0.717, 1.165) is 17.0 Å². The minimum Gasteiger partial charge on any atom is -0.329 e. The predicted octanol–water partition coefficient (Wildman–Crippen LogP) is 3.01. The summed E-state index contributed by atoms with van der Waals surface area (Å²) in [6, 6.07) is 6.82. The molecule has 120 valence electrons. The molecule has 0 N–H and O–H groups in total. The van der Waals surface area contributed by atoms with Crippen molar-refractivity contribution in [3.63, 3.8) is 0 Å². The van der Waals surface area contributed by atoms with E-state index in [-0.39, 0.29) is 5.82 Å². The van der Waals surface area contributed by atoms with Crippen LogP contribution in [0.5, 0.6) is 0 Å². The van der Waals surface area contributed by atoms with Crippen molar-refractivity contribution < 1.29 is 17.7 Å². The van der Waals surface area contributed by atoms with Crippen LogP contribution < -0.4 is 0 Å². The van der Waals surface area contributed by atoms with Gasteiger partial charge in [0.25, 0.3) is 0 Å². The van der Waals surface area contributed by atoms with Gasteiger partial charge < -0.3 is 4.52 Å². The number of alkyl halides is 3. The van der Waals surface area contributed by atoms with E-state index in [0.29, 0.717) is 12.1 Å². The van der Waals surface area contributed by atoms with Crippen molar-refractivity contribution in [3.8, 4) is 11.4 Å². The third-order valence-corrected chi connectivity index (χ3v) is 3.43. The van der Waals surface area contributed by atoms with Gasteiger partial charge in [-0.25, -0.2) is 4.68 Å². The lowest BCUT2D eigenvalue weighted by atomic mass is 10.1. The number of rotatable bonds is 3. The molecule has 0 aliphatic heterocycles. The van der Waals surface area contributed by atoms with E-state index in [2.05, 4.69) is 25.0 Å². The van der Waals surface area contributed by atoms with Crippen molar-refractivity contribution in [1.29, 1.82) is 0 Å². The van der Waals surface area contributed by atoms with Crippen molar-refractivity contribution >= 4 is 0 Å². The highest BCUT2D eigenvalue weighted by atomic mass is 19.4. The van der Waals surface area contributed by atoms with E-state index in [1.54, 1.807) is 28.9 Å². The maximum Gasteiger partial charge on any atom is 0.471 e. The molecule has 23 heavy (non-hydrogen) atoms. The van der Waals surface area contributed by atoms with E-state index in [4.69, 9.17) is 0 Å². The molecule has 0 amide bonds. The van der Waals surface area contributed by atoms with Gasteiger partial charge in [0.1, 0.15) is 0 Å². The average molecular weight is 323 g/mol. The van der Waals surface area contributed by atoms with Crippen LogP contribution in [-0.2, 0) is 12.7 Å². The molecule has 0 aliphatic carbocycles. The lowest BCUT2D eigenvalue weighted by molar-refractivity contribution is -0.159. The van der Waals surface area contributed by atoms with Gasteiger partial charge in [0.2, 0.25) is 5.82 Å². The molecular weight excluding hydrogens is 311 g/mol. The Morgan fingerprint density at radius 2 is 1.83 bits per heavy atom. The van der Waals surface area contributed by atoms with E-state index in [1.807, 2.05) is 13.8 Å². The Morgan fingerprint density at radius 1 is 1.13 bits per heavy atom. The molecular formula is C14H12F3N5O. The van der Waals surface area contributed by atoms with Crippen LogP contribution in [0.1, 0.15) is 22.8 Å². The molecule has 0 saturated carbocycles. The second kappa shape index (κ2) is 5.49. The maximum absolute atomic E-state index is 12.5. The van der Waals surface area contributed by atoms with E-state index >= 15 is 0 Å². The fraction of sp³-hybridized carbons (Fsp3) is 0.286. The summed E-state index contributed by atoms with van der Waals surface area (Å²) in [6.07, 6.45) is -4.65. The first-order valence-corrected chi connectivity index (χ1v) is 6.71. The number of halogens is 3. The Bertz CT molecular complexity index is 820. The molecule has 0 bridgehead atoms. The third-order valence-electron chi connectivity index (χ3n) is 3.43. The molecule has 3 rings (SSSR count). The van der Waals surface area contributed by atoms with Crippen LogP contribution in [0.15, 0.2) is 28.8 Å². The minimum atomic E-state index is -4.65. The van der Waals surface area contributed by atoms with Crippen molar-refractivity contribution in [1.82, 2.24) is 25.1 Å². The van der Waals surface area contributed by atoms with Gasteiger partial charge in [-0.15, -0.1) is 5.10 Å². The SMILES string of the molecule is Cc1nnn(Cc2ccc(-c3noc(C(F)(F)F)n3)cc2)c1C. The summed E-state index contributed by atoms with van der Waals surface area (Å²) in [7, 11) is 0. The van der Waals surface area contributed by atoms with E-state index < -0.39 is 12.1 Å². The monoisotopic (exact) mass is 323 g/mol. The lowest BCUT2D eigenvalue weighted by Gasteiger charge is -2.04. The van der Waals surface area contributed by atoms with Crippen LogP contribution in [-0.4, -0.2) is 25.1 Å². The molecule has 0 aliphatic rings. The fourth-order valence-electron chi connectivity index (χ4n) is 1.99. The minimum absolute atomic E-state index is 0.100. The number of benzene rings is 1. The van der Waals surface area contributed by atoms with Crippen molar-refractivity contribution in [3.05, 3.63) is 47.1 Å². The zero-order chi connectivity index (χ0) is 16.6. The van der Waals surface area contributed by atoms with Crippen molar-refractivity contribution in [2.24, 2.45) is 0 Å². The van der Waals surface area contributed by atoms with Crippen LogP contribution in [0.4, 0.5) is 13.2 Å². The molecule has 6 nitrogen and oxygen atoms in total. The van der Waals surface area contributed by atoms with Gasteiger partial charge in [-0.3, -0.25) is 0 Å². The highest BCUT2D eigenvalue weighted by molar-refractivity contribution is 5.54. The number of hydrogen-bond donors (Lipinski definition) is 0. The lowest BCUT2D eigenvalue weighted by Crippen LogP contribution is -2.05. The molecule has 2 aromatic heterocycles. The van der Waals surface area contributed by atoms with Gasteiger partial charge in [-0.1, -0.05) is 34.6 Å². The zero-order valence-corrected chi connectivity index (χ0v) is 12.3. The van der Waals surface area contributed by atoms with E-state index in [1.165, 1.54) is 0 Å². The molecule has 2 heterocycles. The summed E-state index contributed by atoms with van der Waals surface area (Å²) in [5.74, 6) is -1.46. The van der Waals surface area contributed by atoms with Gasteiger partial charge in [-0.2, -0.15) is 18.2 Å². The van der Waals surface area contributed by atoms with Gasteiger partial charge in [0.05, 0.1) is 17.9 Å². The summed E-state index contributed by atoms with van der Waals surface area (Å²) in [4.78, 5) is 3.35. The predicted molar refractivity (Wildman–Crippen MR) is 73.3 cm³/mol. The zero-order valence-electron chi connectivity index (χ0n) is 12.3. The summed E-state index contributed by atoms with van der Waals surface area (Å²) in [5, 5.41) is 11.4. The Kier molecular flexibility index (Phi) is 3.63. The summed E-state index contributed by atoms with van der Waals surface area (Å²) < 4.78 is 43.3. The second-order valence-electron chi connectivity index (χ2n) is 5.04. The normalized spacial score (nSPS) is 11.9. The van der Waals surface area contributed by atoms with Gasteiger partial charge in [-0.05, 0) is 19.4 Å².